The molecule has 0 bridgehead atoms. The molecule has 0 fully saturated rings. The number of hydrogen-bond acceptors (Lipinski definition) is 0. The molecule has 1 atom stereocenters. The minimum Gasteiger partial charge on any atom is -0.116 e. The van der Waals surface area contributed by atoms with Crippen molar-refractivity contribution in [1.82, 2.24) is 0 Å². The molecule has 1 unspecified atom stereocenters. The Morgan fingerprint density at radius 2 is 1.75 bits per heavy atom. The molecular formula is C16H16Cl4. The van der Waals surface area contributed by atoms with Gasteiger partial charge in [0.2, 0.25) is 0 Å². The van der Waals surface area contributed by atoms with Crippen LogP contribution < -0.4 is 0 Å². The molecule has 4 heteroatoms. The van der Waals surface area contributed by atoms with Crippen LogP contribution in [-0.2, 0) is 6.42 Å². The predicted molar refractivity (Wildman–Crippen MR) is 90.0 cm³/mol. The molecule has 1 aliphatic carbocycles. The smallest absolute Gasteiger partial charge is 0.116 e. The molecule has 0 aromatic heterocycles. The average Bonchev–Trinajstić information content (AvgIpc) is 2.36. The molecule has 0 N–H and O–H groups in total. The van der Waals surface area contributed by atoms with E-state index in [-0.39, 0.29) is 10.8 Å². The van der Waals surface area contributed by atoms with Crippen LogP contribution in [-0.4, -0.2) is 9.71 Å². The van der Waals surface area contributed by atoms with Gasteiger partial charge in [-0.2, -0.15) is 0 Å². The average molecular weight is 350 g/mol. The molecule has 0 heterocycles. The normalized spacial score (nSPS) is 22.2. The van der Waals surface area contributed by atoms with Crippen LogP contribution in [0.3, 0.4) is 0 Å². The van der Waals surface area contributed by atoms with Gasteiger partial charge < -0.3 is 0 Å². The van der Waals surface area contributed by atoms with Gasteiger partial charge in [-0.25, -0.2) is 0 Å². The summed E-state index contributed by atoms with van der Waals surface area (Å²) < 4.78 is -1.08. The molecule has 1 aromatic rings. The van der Waals surface area contributed by atoms with Gasteiger partial charge in [-0.05, 0) is 5.56 Å². The molecule has 0 saturated heterocycles. The second-order valence-electron chi connectivity index (χ2n) is 5.65. The summed E-state index contributed by atoms with van der Waals surface area (Å²) in [4.78, 5) is 0. The van der Waals surface area contributed by atoms with Crippen molar-refractivity contribution in [2.24, 2.45) is 5.41 Å². The molecule has 1 aliphatic rings. The van der Waals surface area contributed by atoms with E-state index in [2.05, 4.69) is 0 Å². The van der Waals surface area contributed by atoms with Gasteiger partial charge in [-0.3, -0.25) is 0 Å². The first-order valence-corrected chi connectivity index (χ1v) is 7.96. The lowest BCUT2D eigenvalue weighted by molar-refractivity contribution is 0.482. The van der Waals surface area contributed by atoms with Crippen LogP contribution in [0.1, 0.15) is 19.4 Å². The second-order valence-corrected chi connectivity index (χ2v) is 7.97. The third-order valence-electron chi connectivity index (χ3n) is 3.48. The molecule has 2 rings (SSSR count). The monoisotopic (exact) mass is 348 g/mol. The Morgan fingerprint density at radius 3 is 2.35 bits per heavy atom. The highest BCUT2D eigenvalue weighted by atomic mass is 35.5. The molecule has 0 radical (unpaired) electrons. The number of benzene rings is 1. The molecule has 0 aliphatic heterocycles. The fourth-order valence-electron chi connectivity index (χ4n) is 2.17. The van der Waals surface area contributed by atoms with E-state index in [0.717, 1.165) is 5.56 Å². The van der Waals surface area contributed by atoms with Crippen LogP contribution in [0.5, 0.6) is 0 Å². The van der Waals surface area contributed by atoms with Crippen molar-refractivity contribution in [2.75, 3.05) is 0 Å². The molecule has 0 saturated carbocycles. The summed E-state index contributed by atoms with van der Waals surface area (Å²) in [6, 6.07) is 9.85. The third-order valence-corrected chi connectivity index (χ3v) is 5.46. The van der Waals surface area contributed by atoms with Crippen LogP contribution in [0, 0.1) is 5.41 Å². The molecule has 20 heavy (non-hydrogen) atoms. The van der Waals surface area contributed by atoms with Crippen LogP contribution in [0.25, 0.3) is 0 Å². The van der Waals surface area contributed by atoms with E-state index in [1.54, 1.807) is 0 Å². The fraction of sp³-hybridized carbons (Fsp3) is 0.375. The lowest BCUT2D eigenvalue weighted by Crippen LogP contribution is -2.31. The van der Waals surface area contributed by atoms with Gasteiger partial charge in [0.05, 0.1) is 5.38 Å². The number of allylic oxidation sites excluding steroid dienone is 4. The Morgan fingerprint density at radius 1 is 1.15 bits per heavy atom. The van der Waals surface area contributed by atoms with Gasteiger partial charge in [0, 0.05) is 22.4 Å². The second kappa shape index (κ2) is 5.93. The number of alkyl halides is 3. The van der Waals surface area contributed by atoms with Crippen molar-refractivity contribution in [2.45, 2.75) is 30.0 Å². The van der Waals surface area contributed by atoms with E-state index in [0.29, 0.717) is 17.0 Å². The Balaban J connectivity index is 2.30. The minimum absolute atomic E-state index is 0.210. The highest BCUT2D eigenvalue weighted by Gasteiger charge is 2.39. The molecule has 0 nitrogen and oxygen atoms in total. The zero-order chi connectivity index (χ0) is 15.0. The lowest BCUT2D eigenvalue weighted by atomic mass is 9.82. The number of rotatable bonds is 3. The van der Waals surface area contributed by atoms with Crippen LogP contribution in [0.4, 0.5) is 0 Å². The topological polar surface area (TPSA) is 0 Å². The van der Waals surface area contributed by atoms with Gasteiger partial charge in [-0.15, -0.1) is 11.6 Å². The number of halogens is 4. The van der Waals surface area contributed by atoms with Gasteiger partial charge in [-0.1, -0.05) is 91.1 Å². The summed E-state index contributed by atoms with van der Waals surface area (Å²) >= 11 is 25.8. The first-order chi connectivity index (χ1) is 9.24. The maximum Gasteiger partial charge on any atom is 0.148 e. The van der Waals surface area contributed by atoms with E-state index in [9.17, 15) is 0 Å². The maximum absolute atomic E-state index is 6.52. The Labute approximate surface area is 140 Å². The SMILES string of the molecule is CC1(C)C=CC(C(Cl)(Cl)Cc2ccccc2)=C(Cl)C1Cl. The quantitative estimate of drug-likeness (QED) is 0.578. The molecule has 0 amide bonds. The van der Waals surface area contributed by atoms with Gasteiger partial charge in [0.25, 0.3) is 0 Å². The largest absolute Gasteiger partial charge is 0.148 e. The van der Waals surface area contributed by atoms with Gasteiger partial charge in [0.15, 0.2) is 0 Å². The molecule has 1 aromatic carbocycles. The van der Waals surface area contributed by atoms with Crippen molar-refractivity contribution in [1.29, 1.82) is 0 Å². The minimum atomic E-state index is -1.08. The summed E-state index contributed by atoms with van der Waals surface area (Å²) in [6.07, 6.45) is 4.39. The van der Waals surface area contributed by atoms with Crippen molar-refractivity contribution < 1.29 is 0 Å². The van der Waals surface area contributed by atoms with E-state index in [4.69, 9.17) is 46.4 Å². The van der Waals surface area contributed by atoms with Crippen molar-refractivity contribution in [3.63, 3.8) is 0 Å². The molecule has 0 spiro atoms. The van der Waals surface area contributed by atoms with Gasteiger partial charge in [0.1, 0.15) is 4.33 Å². The molecular weight excluding hydrogens is 334 g/mol. The molecule has 108 valence electrons. The summed E-state index contributed by atoms with van der Waals surface area (Å²) in [5, 5.41) is 0.205. The van der Waals surface area contributed by atoms with E-state index >= 15 is 0 Å². The first-order valence-electron chi connectivity index (χ1n) is 6.39. The maximum atomic E-state index is 6.52. The van der Waals surface area contributed by atoms with Crippen molar-refractivity contribution >= 4 is 46.4 Å². The Bertz CT molecular complexity index is 541. The lowest BCUT2D eigenvalue weighted by Gasteiger charge is -2.34. The van der Waals surface area contributed by atoms with Crippen LogP contribution in [0.2, 0.25) is 0 Å². The van der Waals surface area contributed by atoms with Crippen molar-refractivity contribution in [3.05, 3.63) is 58.7 Å². The Kier molecular flexibility index (Phi) is 4.81. The fourth-order valence-corrected chi connectivity index (χ4v) is 3.60. The van der Waals surface area contributed by atoms with Crippen LogP contribution in [0.15, 0.2) is 53.1 Å². The summed E-state index contributed by atoms with van der Waals surface area (Å²) in [7, 11) is 0. The predicted octanol–water partition coefficient (Wildman–Crippen LogP) is 6.10. The first kappa shape index (κ1) is 16.2. The van der Waals surface area contributed by atoms with E-state index in [1.807, 2.05) is 56.3 Å². The third kappa shape index (κ3) is 3.36. The van der Waals surface area contributed by atoms with Crippen LogP contribution >= 0.6 is 46.4 Å². The summed E-state index contributed by atoms with van der Waals surface area (Å²) in [5.41, 5.74) is 1.53. The zero-order valence-corrected chi connectivity index (χ0v) is 14.4. The standard InChI is InChI=1S/C16H16Cl4/c1-15(2)9-8-12(13(17)14(15)18)16(19,20)10-11-6-4-3-5-7-11/h3-9,14H,10H2,1-2H3. The number of hydrogen-bond donors (Lipinski definition) is 0. The van der Waals surface area contributed by atoms with E-state index < -0.39 is 4.33 Å². The summed E-state index contributed by atoms with van der Waals surface area (Å²) in [5.74, 6) is 0. The zero-order valence-electron chi connectivity index (χ0n) is 11.3. The van der Waals surface area contributed by atoms with Crippen molar-refractivity contribution in [3.8, 4) is 0 Å². The summed E-state index contributed by atoms with van der Waals surface area (Å²) in [6.45, 7) is 4.06. The van der Waals surface area contributed by atoms with E-state index in [1.165, 1.54) is 0 Å². The highest BCUT2D eigenvalue weighted by Crippen LogP contribution is 2.46. The Hall–Kier alpha value is -0.140. The van der Waals surface area contributed by atoms with Gasteiger partial charge >= 0.3 is 0 Å². The highest BCUT2D eigenvalue weighted by molar-refractivity contribution is 6.52.